The number of rotatable bonds is 8. The summed E-state index contributed by atoms with van der Waals surface area (Å²) in [5.74, 6) is -0.353. The number of ether oxygens (including phenoxy) is 3. The summed E-state index contributed by atoms with van der Waals surface area (Å²) in [7, 11) is 0. The lowest BCUT2D eigenvalue weighted by Crippen LogP contribution is -2.15. The number of esters is 2. The minimum Gasteiger partial charge on any atom is -0.493 e. The normalized spacial score (nSPS) is 9.90. The zero-order valence-electron chi connectivity index (χ0n) is 11.3. The highest BCUT2D eigenvalue weighted by atomic mass is 127. The summed E-state index contributed by atoms with van der Waals surface area (Å²) in [6, 6.07) is 7.67. The van der Waals surface area contributed by atoms with E-state index in [1.807, 2.05) is 24.3 Å². The molecule has 20 heavy (non-hydrogen) atoms. The molecule has 0 radical (unpaired) electrons. The summed E-state index contributed by atoms with van der Waals surface area (Å²) in [6.45, 7) is 2.62. The molecule has 0 heterocycles. The van der Waals surface area contributed by atoms with Gasteiger partial charge in [-0.15, -0.1) is 0 Å². The first kappa shape index (κ1) is 16.7. The molecule has 1 aromatic carbocycles. The molecular weight excluding hydrogens is 375 g/mol. The molecule has 0 aliphatic rings. The number of hydrogen-bond donors (Lipinski definition) is 0. The van der Waals surface area contributed by atoms with E-state index >= 15 is 0 Å². The Balaban J connectivity index is 2.08. The maximum Gasteiger partial charge on any atom is 0.317 e. The van der Waals surface area contributed by atoms with E-state index in [0.29, 0.717) is 13.0 Å². The number of hydrogen-bond acceptors (Lipinski definition) is 5. The summed E-state index contributed by atoms with van der Waals surface area (Å²) >= 11 is 2.22. The van der Waals surface area contributed by atoms with Gasteiger partial charge in [0.15, 0.2) is 0 Å². The molecule has 0 unspecified atom stereocenters. The first-order chi connectivity index (χ1) is 9.61. The van der Waals surface area contributed by atoms with Gasteiger partial charge in [-0.2, -0.15) is 0 Å². The first-order valence-corrected chi connectivity index (χ1v) is 7.39. The van der Waals surface area contributed by atoms with Gasteiger partial charge in [0, 0.05) is 9.99 Å². The number of carbonyl (C=O) groups is 2. The molecule has 0 saturated carbocycles. The quantitative estimate of drug-likeness (QED) is 0.295. The van der Waals surface area contributed by atoms with E-state index in [2.05, 4.69) is 27.3 Å². The monoisotopic (exact) mass is 392 g/mol. The van der Waals surface area contributed by atoms with Crippen LogP contribution in [0.5, 0.6) is 5.75 Å². The van der Waals surface area contributed by atoms with E-state index in [9.17, 15) is 9.59 Å². The van der Waals surface area contributed by atoms with Crippen LogP contribution in [0.1, 0.15) is 19.8 Å². The number of halogens is 1. The average molecular weight is 392 g/mol. The van der Waals surface area contributed by atoms with Gasteiger partial charge >= 0.3 is 11.9 Å². The first-order valence-electron chi connectivity index (χ1n) is 6.31. The van der Waals surface area contributed by atoms with Crippen molar-refractivity contribution < 1.29 is 23.8 Å². The number of carbonyl (C=O) groups excluding carboxylic acids is 2. The predicted molar refractivity (Wildman–Crippen MR) is 81.5 cm³/mol. The molecule has 1 aromatic rings. The van der Waals surface area contributed by atoms with Gasteiger partial charge in [-0.05, 0) is 53.8 Å². The van der Waals surface area contributed by atoms with Crippen molar-refractivity contribution in [3.05, 3.63) is 27.8 Å². The molecule has 0 spiro atoms. The summed E-state index contributed by atoms with van der Waals surface area (Å²) in [5, 5.41) is 0. The van der Waals surface area contributed by atoms with Crippen LogP contribution < -0.4 is 4.74 Å². The lowest BCUT2D eigenvalue weighted by molar-refractivity contribution is -0.154. The summed E-state index contributed by atoms with van der Waals surface area (Å²) in [6.07, 6.45) is 0.229. The van der Waals surface area contributed by atoms with E-state index in [1.165, 1.54) is 0 Å². The second-order valence-corrected chi connectivity index (χ2v) is 5.10. The zero-order valence-corrected chi connectivity index (χ0v) is 13.4. The van der Waals surface area contributed by atoms with Crippen LogP contribution in [-0.2, 0) is 19.1 Å². The Bertz CT molecular complexity index is 430. The van der Waals surface area contributed by atoms with E-state index in [-0.39, 0.29) is 19.6 Å². The summed E-state index contributed by atoms with van der Waals surface area (Å²) < 4.78 is 16.2. The highest BCUT2D eigenvalue weighted by Crippen LogP contribution is 2.13. The second kappa shape index (κ2) is 9.57. The SMILES string of the molecule is CCOC(=O)CC(=O)OCCCOc1ccc(I)cc1. The van der Waals surface area contributed by atoms with Crippen molar-refractivity contribution in [1.82, 2.24) is 0 Å². The Morgan fingerprint density at radius 2 is 1.70 bits per heavy atom. The van der Waals surface area contributed by atoms with E-state index in [1.54, 1.807) is 6.92 Å². The van der Waals surface area contributed by atoms with Crippen molar-refractivity contribution in [2.24, 2.45) is 0 Å². The van der Waals surface area contributed by atoms with Gasteiger partial charge in [0.1, 0.15) is 12.2 Å². The van der Waals surface area contributed by atoms with Gasteiger partial charge < -0.3 is 14.2 Å². The third kappa shape index (κ3) is 7.32. The van der Waals surface area contributed by atoms with Crippen molar-refractivity contribution >= 4 is 34.5 Å². The standard InChI is InChI=1S/C14H17IO5/c1-2-18-13(16)10-14(17)20-9-3-8-19-12-6-4-11(15)5-7-12/h4-7H,2-3,8-10H2,1H3. The lowest BCUT2D eigenvalue weighted by Gasteiger charge is -2.07. The molecule has 1 rings (SSSR count). The molecule has 6 heteroatoms. The molecule has 0 aromatic heterocycles. The molecule has 5 nitrogen and oxygen atoms in total. The molecule has 0 aliphatic heterocycles. The highest BCUT2D eigenvalue weighted by Gasteiger charge is 2.10. The third-order valence-electron chi connectivity index (χ3n) is 2.23. The van der Waals surface area contributed by atoms with E-state index in [4.69, 9.17) is 9.47 Å². The molecule has 0 N–H and O–H groups in total. The molecule has 0 bridgehead atoms. The summed E-state index contributed by atoms with van der Waals surface area (Å²) in [4.78, 5) is 22.2. The van der Waals surface area contributed by atoms with Crippen LogP contribution in [0.25, 0.3) is 0 Å². The summed E-state index contributed by atoms with van der Waals surface area (Å²) in [5.41, 5.74) is 0. The van der Waals surface area contributed by atoms with Gasteiger partial charge in [-0.3, -0.25) is 9.59 Å². The predicted octanol–water partition coefficient (Wildman–Crippen LogP) is 2.56. The molecule has 0 saturated heterocycles. The molecule has 0 fully saturated rings. The van der Waals surface area contributed by atoms with Crippen LogP contribution in [0.4, 0.5) is 0 Å². The fourth-order valence-corrected chi connectivity index (χ4v) is 1.71. The Labute approximate surface area is 131 Å². The van der Waals surface area contributed by atoms with Crippen LogP contribution in [0.3, 0.4) is 0 Å². The van der Waals surface area contributed by atoms with E-state index in [0.717, 1.165) is 9.32 Å². The average Bonchev–Trinajstić information content (AvgIpc) is 2.40. The van der Waals surface area contributed by atoms with Gasteiger partial charge in [0.05, 0.1) is 19.8 Å². The van der Waals surface area contributed by atoms with Crippen LogP contribution in [0.2, 0.25) is 0 Å². The third-order valence-corrected chi connectivity index (χ3v) is 2.95. The number of benzene rings is 1. The lowest BCUT2D eigenvalue weighted by atomic mass is 10.3. The van der Waals surface area contributed by atoms with Gasteiger partial charge in [-0.1, -0.05) is 0 Å². The Morgan fingerprint density at radius 1 is 1.05 bits per heavy atom. The Morgan fingerprint density at radius 3 is 2.35 bits per heavy atom. The topological polar surface area (TPSA) is 61.8 Å². The molecule has 0 amide bonds. The van der Waals surface area contributed by atoms with Gasteiger partial charge in [0.2, 0.25) is 0 Å². The highest BCUT2D eigenvalue weighted by molar-refractivity contribution is 14.1. The van der Waals surface area contributed by atoms with Gasteiger partial charge in [-0.25, -0.2) is 0 Å². The largest absolute Gasteiger partial charge is 0.493 e. The van der Waals surface area contributed by atoms with Gasteiger partial charge in [0.25, 0.3) is 0 Å². The maximum atomic E-state index is 11.2. The van der Waals surface area contributed by atoms with Crippen LogP contribution in [0.15, 0.2) is 24.3 Å². The van der Waals surface area contributed by atoms with Crippen LogP contribution in [-0.4, -0.2) is 31.8 Å². The minimum absolute atomic E-state index is 0.225. The van der Waals surface area contributed by atoms with Crippen molar-refractivity contribution in [2.45, 2.75) is 19.8 Å². The van der Waals surface area contributed by atoms with Crippen molar-refractivity contribution in [3.63, 3.8) is 0 Å². The second-order valence-electron chi connectivity index (χ2n) is 3.86. The maximum absolute atomic E-state index is 11.2. The Kier molecular flexibility index (Phi) is 8.01. The smallest absolute Gasteiger partial charge is 0.317 e. The fraction of sp³-hybridized carbons (Fsp3) is 0.429. The zero-order chi connectivity index (χ0) is 14.8. The minimum atomic E-state index is -0.572. The van der Waals surface area contributed by atoms with Crippen molar-refractivity contribution in [1.29, 1.82) is 0 Å². The molecule has 0 aliphatic carbocycles. The molecular formula is C14H17IO5. The van der Waals surface area contributed by atoms with Crippen LogP contribution in [0, 0.1) is 3.57 Å². The molecule has 110 valence electrons. The molecule has 0 atom stereocenters. The fourth-order valence-electron chi connectivity index (χ4n) is 1.35. The van der Waals surface area contributed by atoms with Crippen LogP contribution >= 0.6 is 22.6 Å². The Hall–Kier alpha value is -1.31. The van der Waals surface area contributed by atoms with Crippen molar-refractivity contribution in [2.75, 3.05) is 19.8 Å². The van der Waals surface area contributed by atoms with Crippen molar-refractivity contribution in [3.8, 4) is 5.75 Å². The van der Waals surface area contributed by atoms with E-state index < -0.39 is 11.9 Å².